The molecular weight excluding hydrogens is 648 g/mol. The number of carbonyl (C=O) groups is 4. The van der Waals surface area contributed by atoms with Crippen LogP contribution in [0.4, 0.5) is 9.59 Å². The van der Waals surface area contributed by atoms with E-state index in [0.29, 0.717) is 24.6 Å². The molecule has 0 aliphatic rings. The van der Waals surface area contributed by atoms with Crippen molar-refractivity contribution in [1.82, 2.24) is 21.3 Å². The summed E-state index contributed by atoms with van der Waals surface area (Å²) in [5, 5.41) is 11.3. The molecule has 14 nitrogen and oxygen atoms in total. The van der Waals surface area contributed by atoms with Crippen LogP contribution in [-0.4, -0.2) is 88.9 Å². The molecule has 14 heteroatoms. The van der Waals surface area contributed by atoms with Crippen LogP contribution >= 0.6 is 0 Å². The van der Waals surface area contributed by atoms with Crippen LogP contribution in [0.2, 0.25) is 0 Å². The lowest BCUT2D eigenvalue weighted by Crippen LogP contribution is -2.38. The van der Waals surface area contributed by atoms with Crippen LogP contribution in [0.1, 0.15) is 38.8 Å². The molecule has 2 rings (SSSR count). The second-order valence-corrected chi connectivity index (χ2v) is 11.3. The van der Waals surface area contributed by atoms with Gasteiger partial charge in [0.2, 0.25) is 0 Å². The van der Waals surface area contributed by atoms with Gasteiger partial charge in [0.1, 0.15) is 36.9 Å². The number of carbonyl (C=O) groups excluding carboxylic acids is 4. The van der Waals surface area contributed by atoms with Crippen LogP contribution in [0.3, 0.4) is 0 Å². The predicted molar refractivity (Wildman–Crippen MR) is 188 cm³/mol. The van der Waals surface area contributed by atoms with Crippen molar-refractivity contribution in [2.45, 2.75) is 52.0 Å². The van der Waals surface area contributed by atoms with Crippen molar-refractivity contribution in [1.29, 1.82) is 0 Å². The van der Waals surface area contributed by atoms with Crippen LogP contribution in [-0.2, 0) is 28.5 Å². The van der Waals surface area contributed by atoms with Crippen molar-refractivity contribution in [2.24, 2.45) is 0 Å². The zero-order valence-electron chi connectivity index (χ0n) is 29.3. The molecule has 0 saturated carbocycles. The van der Waals surface area contributed by atoms with Crippen LogP contribution in [0.15, 0.2) is 73.1 Å². The lowest BCUT2D eigenvalue weighted by Gasteiger charge is -2.20. The molecule has 0 bridgehead atoms. The number of rotatable bonds is 20. The van der Waals surface area contributed by atoms with Gasteiger partial charge < -0.3 is 39.1 Å². The maximum Gasteiger partial charge on any atom is 0.410 e. The minimum absolute atomic E-state index is 0.0603. The molecule has 2 amide bonds. The summed E-state index contributed by atoms with van der Waals surface area (Å²) >= 11 is 0. The van der Waals surface area contributed by atoms with Crippen molar-refractivity contribution in [3.8, 4) is 11.5 Å². The molecule has 2 atom stereocenters. The number of esters is 2. The van der Waals surface area contributed by atoms with Crippen molar-refractivity contribution >= 4 is 36.3 Å². The van der Waals surface area contributed by atoms with Crippen molar-refractivity contribution in [3.63, 3.8) is 0 Å². The molecule has 0 aliphatic carbocycles. The van der Waals surface area contributed by atoms with Gasteiger partial charge in [-0.1, -0.05) is 52.0 Å². The first-order valence-electron chi connectivity index (χ1n) is 16.0. The number of nitrogens with one attached hydrogen (secondary N) is 4. The Bertz CT molecular complexity index is 1320. The van der Waals surface area contributed by atoms with Crippen LogP contribution in [0.25, 0.3) is 12.2 Å². The van der Waals surface area contributed by atoms with Gasteiger partial charge >= 0.3 is 24.1 Å². The standard InChI is InChI=1S/C36H48N4O10/c1-25(2)39-21-31(23-47-29-11-7-27(8-12-29)17-19-37-35(43)45-5)49-33(41)15-16-34(42)50-32(22-40-26(3)4)24-48-30-13-9-28(10-14-30)18-20-38-36(44)46-6/h7-20,25-26,31-32,39-40H,21-24H2,1-6H3,(H,37,43)(H,38,44)/b16-15+,19-17?,20-18?. The lowest BCUT2D eigenvalue weighted by molar-refractivity contribution is -0.147. The van der Waals surface area contributed by atoms with E-state index in [1.807, 2.05) is 27.7 Å². The maximum absolute atomic E-state index is 12.7. The molecule has 0 fully saturated rings. The number of alkyl carbamates (subject to hydrolysis) is 2. The molecule has 0 aliphatic heterocycles. The van der Waals surface area contributed by atoms with Gasteiger partial charge in [0.25, 0.3) is 0 Å². The molecular formula is C36H48N4O10. The fourth-order valence-corrected chi connectivity index (χ4v) is 3.81. The summed E-state index contributed by atoms with van der Waals surface area (Å²) in [6.07, 6.45) is 5.90. The minimum Gasteiger partial charge on any atom is -0.490 e. The molecule has 0 aromatic heterocycles. The highest BCUT2D eigenvalue weighted by Crippen LogP contribution is 2.15. The highest BCUT2D eigenvalue weighted by atomic mass is 16.6. The van der Waals surface area contributed by atoms with Gasteiger partial charge in [0, 0.05) is 49.7 Å². The molecule has 50 heavy (non-hydrogen) atoms. The summed E-state index contributed by atoms with van der Waals surface area (Å²) in [4.78, 5) is 47.7. The zero-order chi connectivity index (χ0) is 36.7. The van der Waals surface area contributed by atoms with E-state index in [9.17, 15) is 19.2 Å². The Labute approximate surface area is 293 Å². The Morgan fingerprint density at radius 3 is 1.28 bits per heavy atom. The van der Waals surface area contributed by atoms with Gasteiger partial charge in [0.05, 0.1) is 14.2 Å². The first kappa shape index (κ1) is 40.8. The molecule has 0 saturated heterocycles. The topological polar surface area (TPSA) is 172 Å². The Hall–Kier alpha value is -5.34. The molecule has 2 aromatic carbocycles. The third-order valence-corrected chi connectivity index (χ3v) is 6.39. The second kappa shape index (κ2) is 23.1. The van der Waals surface area contributed by atoms with E-state index in [0.717, 1.165) is 23.3 Å². The normalized spacial score (nSPS) is 12.6. The average molecular weight is 697 g/mol. The molecule has 2 aromatic rings. The highest BCUT2D eigenvalue weighted by molar-refractivity contribution is 5.91. The summed E-state index contributed by atoms with van der Waals surface area (Å²) in [6, 6.07) is 14.4. The SMILES string of the molecule is COC(=O)NC=Cc1ccc(OCC(CNC(C)C)OC(=O)/C=C/C(=O)OC(CNC(C)C)COc2ccc(C=CNC(=O)OC)cc2)cc1. The van der Waals surface area contributed by atoms with Gasteiger partial charge in [-0.25, -0.2) is 19.2 Å². The van der Waals surface area contributed by atoms with Crippen LogP contribution < -0.4 is 30.7 Å². The van der Waals surface area contributed by atoms with E-state index in [1.54, 1.807) is 60.7 Å². The minimum atomic E-state index is -0.733. The Kier molecular flexibility index (Phi) is 18.9. The summed E-state index contributed by atoms with van der Waals surface area (Å²) in [6.45, 7) is 8.62. The Morgan fingerprint density at radius 1 is 0.600 bits per heavy atom. The summed E-state index contributed by atoms with van der Waals surface area (Å²) in [5.41, 5.74) is 1.64. The number of hydrogen-bond donors (Lipinski definition) is 4. The number of methoxy groups -OCH3 is 2. The summed E-state index contributed by atoms with van der Waals surface area (Å²) in [7, 11) is 2.56. The van der Waals surface area contributed by atoms with Crippen LogP contribution in [0.5, 0.6) is 11.5 Å². The van der Waals surface area contributed by atoms with E-state index in [-0.39, 0.29) is 25.3 Å². The number of ether oxygens (including phenoxy) is 6. The largest absolute Gasteiger partial charge is 0.490 e. The van der Waals surface area contributed by atoms with Gasteiger partial charge in [-0.05, 0) is 47.5 Å². The molecule has 2 unspecified atom stereocenters. The van der Waals surface area contributed by atoms with E-state index in [1.165, 1.54) is 26.6 Å². The average Bonchev–Trinajstić information content (AvgIpc) is 3.10. The molecule has 0 heterocycles. The van der Waals surface area contributed by atoms with E-state index in [4.69, 9.17) is 18.9 Å². The quantitative estimate of drug-likeness (QED) is 0.0886. The summed E-state index contributed by atoms with van der Waals surface area (Å²) in [5.74, 6) is -0.360. The second-order valence-electron chi connectivity index (χ2n) is 11.3. The fraction of sp³-hybridized carbons (Fsp3) is 0.389. The third-order valence-electron chi connectivity index (χ3n) is 6.39. The first-order chi connectivity index (χ1) is 24.0. The molecule has 0 spiro atoms. The van der Waals surface area contributed by atoms with E-state index in [2.05, 4.69) is 30.7 Å². The Morgan fingerprint density at radius 2 is 0.960 bits per heavy atom. The number of hydrogen-bond acceptors (Lipinski definition) is 12. The smallest absolute Gasteiger partial charge is 0.410 e. The van der Waals surface area contributed by atoms with E-state index >= 15 is 0 Å². The lowest BCUT2D eigenvalue weighted by atomic mass is 10.2. The predicted octanol–water partition coefficient (Wildman–Crippen LogP) is 4.17. The number of amides is 2. The molecule has 4 N–H and O–H groups in total. The van der Waals surface area contributed by atoms with Crippen molar-refractivity contribution < 1.29 is 47.6 Å². The zero-order valence-corrected chi connectivity index (χ0v) is 29.3. The van der Waals surface area contributed by atoms with Gasteiger partial charge in [-0.2, -0.15) is 0 Å². The third kappa shape index (κ3) is 18.3. The fourth-order valence-electron chi connectivity index (χ4n) is 3.81. The number of benzene rings is 2. The first-order valence-corrected chi connectivity index (χ1v) is 16.0. The molecule has 0 radical (unpaired) electrons. The van der Waals surface area contributed by atoms with Crippen LogP contribution in [0, 0.1) is 0 Å². The van der Waals surface area contributed by atoms with Gasteiger partial charge in [0.15, 0.2) is 0 Å². The van der Waals surface area contributed by atoms with E-state index < -0.39 is 36.3 Å². The molecule has 272 valence electrons. The summed E-state index contributed by atoms with van der Waals surface area (Å²) < 4.78 is 31.9. The van der Waals surface area contributed by atoms with Crippen molar-refractivity contribution in [3.05, 3.63) is 84.2 Å². The van der Waals surface area contributed by atoms with Gasteiger partial charge in [-0.3, -0.25) is 10.6 Å². The highest BCUT2D eigenvalue weighted by Gasteiger charge is 2.17. The Balaban J connectivity index is 1.92. The monoisotopic (exact) mass is 696 g/mol. The van der Waals surface area contributed by atoms with Crippen molar-refractivity contribution in [2.75, 3.05) is 40.5 Å². The van der Waals surface area contributed by atoms with Gasteiger partial charge in [-0.15, -0.1) is 0 Å². The maximum atomic E-state index is 12.7.